The lowest BCUT2D eigenvalue weighted by Crippen LogP contribution is -2.02. The van der Waals surface area contributed by atoms with E-state index < -0.39 is 0 Å². The summed E-state index contributed by atoms with van der Waals surface area (Å²) in [6.07, 6.45) is 3.34. The van der Waals surface area contributed by atoms with E-state index in [9.17, 15) is 0 Å². The molecule has 2 heterocycles. The number of nitrogen functional groups attached to an aromatic ring is 1. The van der Waals surface area contributed by atoms with E-state index in [2.05, 4.69) is 31.1 Å². The van der Waals surface area contributed by atoms with Crippen molar-refractivity contribution >= 4 is 21.9 Å². The minimum atomic E-state index is 0.382. The van der Waals surface area contributed by atoms with Crippen LogP contribution in [0.5, 0.6) is 0 Å². The second kappa shape index (κ2) is 3.14. The first kappa shape index (κ1) is 8.18. The van der Waals surface area contributed by atoms with Gasteiger partial charge in [0.1, 0.15) is 4.60 Å². The molecule has 0 radical (unpaired) electrons. The van der Waals surface area contributed by atoms with E-state index in [1.54, 1.807) is 29.1 Å². The van der Waals surface area contributed by atoms with E-state index in [4.69, 9.17) is 5.73 Å². The molecule has 0 fully saturated rings. The van der Waals surface area contributed by atoms with Crippen molar-refractivity contribution in [2.45, 2.75) is 0 Å². The molecule has 13 heavy (non-hydrogen) atoms. The molecular weight excluding hydrogens is 234 g/mol. The standard InChI is InChI=1S/C7H6BrN5/c8-5-4-13(7(9)11-5)6-2-1-3-10-12-6/h1-4H,(H2,9,11). The minimum absolute atomic E-state index is 0.382. The first-order valence-corrected chi connectivity index (χ1v) is 4.35. The lowest BCUT2D eigenvalue weighted by atomic mass is 10.5. The fourth-order valence-corrected chi connectivity index (χ4v) is 1.36. The third kappa shape index (κ3) is 1.52. The monoisotopic (exact) mass is 239 g/mol. The lowest BCUT2D eigenvalue weighted by molar-refractivity contribution is 0.920. The van der Waals surface area contributed by atoms with E-state index in [0.717, 1.165) is 0 Å². The van der Waals surface area contributed by atoms with Crippen LogP contribution in [0.3, 0.4) is 0 Å². The second-order valence-electron chi connectivity index (χ2n) is 2.37. The molecule has 66 valence electrons. The Morgan fingerprint density at radius 1 is 1.46 bits per heavy atom. The average molecular weight is 240 g/mol. The van der Waals surface area contributed by atoms with Gasteiger partial charge in [-0.2, -0.15) is 5.10 Å². The number of hydrogen-bond donors (Lipinski definition) is 1. The molecule has 0 spiro atoms. The van der Waals surface area contributed by atoms with Gasteiger partial charge in [-0.3, -0.25) is 4.57 Å². The van der Waals surface area contributed by atoms with Crippen LogP contribution in [0.4, 0.5) is 5.95 Å². The van der Waals surface area contributed by atoms with Crippen LogP contribution in [0.1, 0.15) is 0 Å². The van der Waals surface area contributed by atoms with Crippen LogP contribution in [0.15, 0.2) is 29.1 Å². The van der Waals surface area contributed by atoms with Crippen LogP contribution < -0.4 is 5.73 Å². The molecule has 0 unspecified atom stereocenters. The molecule has 5 nitrogen and oxygen atoms in total. The molecule has 0 atom stereocenters. The summed E-state index contributed by atoms with van der Waals surface area (Å²) in [5, 5.41) is 7.64. The quantitative estimate of drug-likeness (QED) is 0.807. The third-order valence-electron chi connectivity index (χ3n) is 1.51. The maximum atomic E-state index is 5.63. The Hall–Kier alpha value is -1.43. The van der Waals surface area contributed by atoms with E-state index in [0.29, 0.717) is 16.4 Å². The zero-order valence-electron chi connectivity index (χ0n) is 6.55. The normalized spacial score (nSPS) is 10.2. The fourth-order valence-electron chi connectivity index (χ4n) is 0.970. The number of imidazole rings is 1. The van der Waals surface area contributed by atoms with E-state index in [1.165, 1.54) is 0 Å². The Balaban J connectivity index is 2.53. The smallest absolute Gasteiger partial charge is 0.207 e. The molecule has 0 aliphatic rings. The predicted octanol–water partition coefficient (Wildman–Crippen LogP) is 1.01. The maximum absolute atomic E-state index is 5.63. The van der Waals surface area contributed by atoms with E-state index >= 15 is 0 Å². The van der Waals surface area contributed by atoms with Gasteiger partial charge in [0.05, 0.1) is 0 Å². The molecule has 0 aromatic carbocycles. The van der Waals surface area contributed by atoms with Gasteiger partial charge in [-0.25, -0.2) is 4.98 Å². The number of nitrogens with two attached hydrogens (primary N) is 1. The highest BCUT2D eigenvalue weighted by molar-refractivity contribution is 9.10. The molecule has 0 bridgehead atoms. The SMILES string of the molecule is Nc1nc(Br)cn1-c1cccnn1. The topological polar surface area (TPSA) is 69.6 Å². The van der Waals surface area contributed by atoms with Gasteiger partial charge in [0.25, 0.3) is 0 Å². The summed E-state index contributed by atoms with van der Waals surface area (Å²) in [6, 6.07) is 3.59. The molecule has 0 saturated carbocycles. The summed E-state index contributed by atoms with van der Waals surface area (Å²) in [5.41, 5.74) is 5.63. The Morgan fingerprint density at radius 3 is 2.85 bits per heavy atom. The Labute approximate surface area is 82.7 Å². The molecular formula is C7H6BrN5. The molecule has 0 saturated heterocycles. The highest BCUT2D eigenvalue weighted by Gasteiger charge is 2.04. The maximum Gasteiger partial charge on any atom is 0.207 e. The molecule has 2 N–H and O–H groups in total. The van der Waals surface area contributed by atoms with Crippen molar-refractivity contribution in [3.8, 4) is 5.82 Å². The van der Waals surface area contributed by atoms with E-state index in [-0.39, 0.29) is 0 Å². The summed E-state index contributed by atoms with van der Waals surface area (Å²) in [7, 11) is 0. The highest BCUT2D eigenvalue weighted by atomic mass is 79.9. The van der Waals surface area contributed by atoms with Crippen molar-refractivity contribution in [3.05, 3.63) is 29.1 Å². The Morgan fingerprint density at radius 2 is 2.31 bits per heavy atom. The molecule has 2 aromatic heterocycles. The number of aromatic nitrogens is 4. The number of rotatable bonds is 1. The first-order valence-electron chi connectivity index (χ1n) is 3.56. The molecule has 0 aliphatic heterocycles. The highest BCUT2D eigenvalue weighted by Crippen LogP contribution is 2.14. The summed E-state index contributed by atoms with van der Waals surface area (Å²) < 4.78 is 2.33. The summed E-state index contributed by atoms with van der Waals surface area (Å²) in [4.78, 5) is 3.98. The van der Waals surface area contributed by atoms with Gasteiger partial charge >= 0.3 is 0 Å². The second-order valence-corrected chi connectivity index (χ2v) is 3.19. The van der Waals surface area contributed by atoms with Gasteiger partial charge in [0.15, 0.2) is 5.82 Å². The fraction of sp³-hybridized carbons (Fsp3) is 0. The van der Waals surface area contributed by atoms with Crippen molar-refractivity contribution in [2.75, 3.05) is 5.73 Å². The van der Waals surface area contributed by atoms with Crippen LogP contribution in [0, 0.1) is 0 Å². The van der Waals surface area contributed by atoms with Gasteiger partial charge in [0, 0.05) is 12.4 Å². The van der Waals surface area contributed by atoms with Gasteiger partial charge in [-0.05, 0) is 28.1 Å². The van der Waals surface area contributed by atoms with Gasteiger partial charge < -0.3 is 5.73 Å². The molecule has 6 heteroatoms. The van der Waals surface area contributed by atoms with Crippen LogP contribution in [-0.4, -0.2) is 19.7 Å². The number of halogens is 1. The average Bonchev–Trinajstić information content (AvgIpc) is 2.47. The van der Waals surface area contributed by atoms with E-state index in [1.807, 2.05) is 0 Å². The van der Waals surface area contributed by atoms with Crippen LogP contribution in [-0.2, 0) is 0 Å². The molecule has 0 aliphatic carbocycles. The predicted molar refractivity (Wildman–Crippen MR) is 51.3 cm³/mol. The van der Waals surface area contributed by atoms with Crippen molar-refractivity contribution in [1.82, 2.24) is 19.7 Å². The first-order chi connectivity index (χ1) is 6.27. The van der Waals surface area contributed by atoms with Gasteiger partial charge in [-0.1, -0.05) is 0 Å². The number of anilines is 1. The lowest BCUT2D eigenvalue weighted by Gasteiger charge is -1.99. The number of nitrogens with zero attached hydrogens (tertiary/aromatic N) is 4. The van der Waals surface area contributed by atoms with Gasteiger partial charge in [-0.15, -0.1) is 5.10 Å². The van der Waals surface area contributed by atoms with Crippen molar-refractivity contribution in [1.29, 1.82) is 0 Å². The van der Waals surface area contributed by atoms with Gasteiger partial charge in [0.2, 0.25) is 5.95 Å². The Bertz CT molecular complexity index is 410. The summed E-state index contributed by atoms with van der Waals surface area (Å²) in [6.45, 7) is 0. The minimum Gasteiger partial charge on any atom is -0.369 e. The molecule has 2 aromatic rings. The molecule has 0 amide bonds. The van der Waals surface area contributed by atoms with Crippen molar-refractivity contribution < 1.29 is 0 Å². The van der Waals surface area contributed by atoms with Crippen LogP contribution in [0.2, 0.25) is 0 Å². The zero-order chi connectivity index (χ0) is 9.26. The number of hydrogen-bond acceptors (Lipinski definition) is 4. The summed E-state index contributed by atoms with van der Waals surface area (Å²) in [5.74, 6) is 1.03. The van der Waals surface area contributed by atoms with Crippen LogP contribution >= 0.6 is 15.9 Å². The van der Waals surface area contributed by atoms with Crippen molar-refractivity contribution in [2.24, 2.45) is 0 Å². The van der Waals surface area contributed by atoms with Crippen molar-refractivity contribution in [3.63, 3.8) is 0 Å². The Kier molecular flexibility index (Phi) is 1.97. The zero-order valence-corrected chi connectivity index (χ0v) is 8.14. The summed E-state index contributed by atoms with van der Waals surface area (Å²) >= 11 is 3.22. The van der Waals surface area contributed by atoms with Crippen LogP contribution in [0.25, 0.3) is 5.82 Å². The molecule has 2 rings (SSSR count). The third-order valence-corrected chi connectivity index (χ3v) is 1.89. The largest absolute Gasteiger partial charge is 0.369 e.